The lowest BCUT2D eigenvalue weighted by molar-refractivity contribution is 0.126. The molecule has 1 aromatic heterocycles. The number of aromatic nitrogens is 1. The second-order valence-corrected chi connectivity index (χ2v) is 6.60. The molecular weight excluding hydrogens is 319 g/mol. The lowest BCUT2D eigenvalue weighted by atomic mass is 9.99. The first-order valence-corrected chi connectivity index (χ1v) is 8.17. The van der Waals surface area contributed by atoms with Crippen molar-refractivity contribution in [2.75, 3.05) is 6.54 Å². The molecule has 1 fully saturated rings. The van der Waals surface area contributed by atoms with Gasteiger partial charge in [0.25, 0.3) is 0 Å². The van der Waals surface area contributed by atoms with Crippen LogP contribution >= 0.6 is 23.2 Å². The quantitative estimate of drug-likeness (QED) is 0.832. The highest BCUT2D eigenvalue weighted by molar-refractivity contribution is 6.30. The van der Waals surface area contributed by atoms with Crippen molar-refractivity contribution >= 4 is 23.2 Å². The zero-order chi connectivity index (χ0) is 15.5. The first-order chi connectivity index (χ1) is 10.6. The molecule has 1 saturated carbocycles. The molecule has 2 unspecified atom stereocenters. The van der Waals surface area contributed by atoms with Crippen LogP contribution in [-0.2, 0) is 0 Å². The summed E-state index contributed by atoms with van der Waals surface area (Å²) >= 11 is 11.9. The van der Waals surface area contributed by atoms with E-state index in [4.69, 9.17) is 23.2 Å². The van der Waals surface area contributed by atoms with Crippen LogP contribution in [-0.4, -0.2) is 16.6 Å². The highest BCUT2D eigenvalue weighted by Gasteiger charge is 2.27. The Balaban J connectivity index is 1.84. The Hall–Kier alpha value is -1.13. The molecule has 2 aromatic rings. The molecule has 0 amide bonds. The summed E-state index contributed by atoms with van der Waals surface area (Å²) in [7, 11) is 0. The van der Waals surface area contributed by atoms with Crippen LogP contribution in [0.1, 0.15) is 36.2 Å². The molecule has 1 aliphatic rings. The standard InChI is InChI=1S/C17H18Cl2N2O/c18-13-3-1-2-12(8-13)17(22)16(21-9-11-4-5-11)15-7-6-14(19)10-20-15/h1-3,6-8,10-11,16-17,21-22H,4-5,9H2. The summed E-state index contributed by atoms with van der Waals surface area (Å²) in [6.45, 7) is 0.882. The number of hydrogen-bond acceptors (Lipinski definition) is 3. The minimum atomic E-state index is -0.717. The van der Waals surface area contributed by atoms with Crippen LogP contribution in [0.25, 0.3) is 0 Å². The lowest BCUT2D eigenvalue weighted by Gasteiger charge is -2.24. The van der Waals surface area contributed by atoms with E-state index >= 15 is 0 Å². The summed E-state index contributed by atoms with van der Waals surface area (Å²) in [5.74, 6) is 0.710. The maximum absolute atomic E-state index is 10.8. The third-order valence-corrected chi connectivity index (χ3v) is 4.36. The van der Waals surface area contributed by atoms with Gasteiger partial charge in [0.2, 0.25) is 0 Å². The Bertz CT molecular complexity index is 629. The number of nitrogens with zero attached hydrogens (tertiary/aromatic N) is 1. The van der Waals surface area contributed by atoms with E-state index in [1.807, 2.05) is 18.2 Å². The van der Waals surface area contributed by atoms with Crippen LogP contribution in [0.5, 0.6) is 0 Å². The molecule has 1 aliphatic carbocycles. The third kappa shape index (κ3) is 3.99. The van der Waals surface area contributed by atoms with Crippen molar-refractivity contribution in [3.8, 4) is 0 Å². The molecule has 0 bridgehead atoms. The SMILES string of the molecule is OC(c1cccc(Cl)c1)C(NCC1CC1)c1ccc(Cl)cn1. The van der Waals surface area contributed by atoms with Crippen molar-refractivity contribution in [3.63, 3.8) is 0 Å². The minimum Gasteiger partial charge on any atom is -0.386 e. The zero-order valence-corrected chi connectivity index (χ0v) is 13.6. The molecule has 1 aromatic carbocycles. The maximum Gasteiger partial charge on any atom is 0.100 e. The Labute approximate surface area is 140 Å². The van der Waals surface area contributed by atoms with Crippen molar-refractivity contribution in [3.05, 3.63) is 63.9 Å². The van der Waals surface area contributed by atoms with E-state index in [0.717, 1.165) is 17.8 Å². The Morgan fingerprint density at radius 2 is 2.00 bits per heavy atom. The van der Waals surface area contributed by atoms with Crippen molar-refractivity contribution in [2.45, 2.75) is 25.0 Å². The summed E-state index contributed by atoms with van der Waals surface area (Å²) < 4.78 is 0. The van der Waals surface area contributed by atoms with Gasteiger partial charge in [0.15, 0.2) is 0 Å². The molecule has 0 saturated heterocycles. The molecule has 0 spiro atoms. The highest BCUT2D eigenvalue weighted by Crippen LogP contribution is 2.32. The van der Waals surface area contributed by atoms with Gasteiger partial charge in [-0.15, -0.1) is 0 Å². The molecule has 2 atom stereocenters. The zero-order valence-electron chi connectivity index (χ0n) is 12.0. The van der Waals surface area contributed by atoms with Crippen LogP contribution in [0.4, 0.5) is 0 Å². The van der Waals surface area contributed by atoms with Crippen molar-refractivity contribution in [1.29, 1.82) is 0 Å². The fourth-order valence-corrected chi connectivity index (χ4v) is 2.76. The van der Waals surface area contributed by atoms with Crippen LogP contribution in [0.3, 0.4) is 0 Å². The Morgan fingerprint density at radius 3 is 2.64 bits per heavy atom. The van der Waals surface area contributed by atoms with Crippen LogP contribution in [0.15, 0.2) is 42.6 Å². The summed E-state index contributed by atoms with van der Waals surface area (Å²) in [5.41, 5.74) is 1.55. The first kappa shape index (κ1) is 15.8. The Kier molecular flexibility index (Phi) is 4.99. The number of rotatable bonds is 6. The number of aliphatic hydroxyl groups excluding tert-OH is 1. The maximum atomic E-state index is 10.8. The molecule has 5 heteroatoms. The average molecular weight is 337 g/mol. The second-order valence-electron chi connectivity index (χ2n) is 5.73. The van der Waals surface area contributed by atoms with Gasteiger partial charge in [-0.05, 0) is 55.1 Å². The Morgan fingerprint density at radius 1 is 1.18 bits per heavy atom. The third-order valence-electron chi connectivity index (χ3n) is 3.90. The summed E-state index contributed by atoms with van der Waals surface area (Å²) in [6, 6.07) is 10.7. The smallest absolute Gasteiger partial charge is 0.100 e. The lowest BCUT2D eigenvalue weighted by Crippen LogP contribution is -2.29. The highest BCUT2D eigenvalue weighted by atomic mass is 35.5. The number of aliphatic hydroxyl groups is 1. The number of pyridine rings is 1. The van der Waals surface area contributed by atoms with E-state index in [-0.39, 0.29) is 6.04 Å². The number of nitrogens with one attached hydrogen (secondary N) is 1. The molecule has 22 heavy (non-hydrogen) atoms. The predicted octanol–water partition coefficient (Wildman–Crippen LogP) is 4.16. The average Bonchev–Trinajstić information content (AvgIpc) is 3.33. The van der Waals surface area contributed by atoms with E-state index in [1.54, 1.807) is 24.4 Å². The van der Waals surface area contributed by atoms with E-state index in [2.05, 4.69) is 10.3 Å². The van der Waals surface area contributed by atoms with Crippen LogP contribution in [0.2, 0.25) is 10.0 Å². The molecule has 3 rings (SSSR count). The van der Waals surface area contributed by atoms with Gasteiger partial charge < -0.3 is 10.4 Å². The van der Waals surface area contributed by atoms with Gasteiger partial charge in [-0.2, -0.15) is 0 Å². The van der Waals surface area contributed by atoms with Gasteiger partial charge in [0.05, 0.1) is 16.8 Å². The molecule has 0 aliphatic heterocycles. The number of benzene rings is 1. The second kappa shape index (κ2) is 6.97. The van der Waals surface area contributed by atoms with Gasteiger partial charge in [-0.1, -0.05) is 35.3 Å². The van der Waals surface area contributed by atoms with Gasteiger partial charge in [0, 0.05) is 11.2 Å². The minimum absolute atomic E-state index is 0.281. The van der Waals surface area contributed by atoms with Gasteiger partial charge >= 0.3 is 0 Å². The van der Waals surface area contributed by atoms with Crippen molar-refractivity contribution in [2.24, 2.45) is 5.92 Å². The monoisotopic (exact) mass is 336 g/mol. The number of halogens is 2. The fourth-order valence-electron chi connectivity index (χ4n) is 2.45. The molecule has 116 valence electrons. The molecule has 3 nitrogen and oxygen atoms in total. The van der Waals surface area contributed by atoms with E-state index in [9.17, 15) is 5.11 Å². The largest absolute Gasteiger partial charge is 0.386 e. The van der Waals surface area contributed by atoms with E-state index < -0.39 is 6.10 Å². The molecule has 2 N–H and O–H groups in total. The van der Waals surface area contributed by atoms with Crippen LogP contribution < -0.4 is 5.32 Å². The number of hydrogen-bond donors (Lipinski definition) is 2. The summed E-state index contributed by atoms with van der Waals surface area (Å²) in [6.07, 6.45) is 3.39. The molecular formula is C17H18Cl2N2O. The summed E-state index contributed by atoms with van der Waals surface area (Å²) in [5, 5.41) is 15.4. The molecule has 1 heterocycles. The molecule has 0 radical (unpaired) electrons. The predicted molar refractivity (Wildman–Crippen MR) is 89.1 cm³/mol. The summed E-state index contributed by atoms with van der Waals surface area (Å²) in [4.78, 5) is 4.36. The fraction of sp³-hybridized carbons (Fsp3) is 0.353. The van der Waals surface area contributed by atoms with Gasteiger partial charge in [-0.3, -0.25) is 4.98 Å². The van der Waals surface area contributed by atoms with Gasteiger partial charge in [-0.25, -0.2) is 0 Å². The van der Waals surface area contributed by atoms with E-state index in [1.165, 1.54) is 12.8 Å². The van der Waals surface area contributed by atoms with E-state index in [0.29, 0.717) is 16.0 Å². The topological polar surface area (TPSA) is 45.1 Å². The van der Waals surface area contributed by atoms with Crippen molar-refractivity contribution in [1.82, 2.24) is 10.3 Å². The first-order valence-electron chi connectivity index (χ1n) is 7.42. The van der Waals surface area contributed by atoms with Crippen LogP contribution in [0, 0.1) is 5.92 Å². The normalized spacial score (nSPS) is 17.2. The van der Waals surface area contributed by atoms with Crippen molar-refractivity contribution < 1.29 is 5.11 Å². The van der Waals surface area contributed by atoms with Gasteiger partial charge in [0.1, 0.15) is 6.10 Å².